The molecule has 0 amide bonds. The summed E-state index contributed by atoms with van der Waals surface area (Å²) in [6.45, 7) is 8.12. The van der Waals surface area contributed by atoms with Crippen molar-refractivity contribution in [3.05, 3.63) is 0 Å². The normalized spacial score (nSPS) is 30.2. The molecule has 1 fully saturated rings. The van der Waals surface area contributed by atoms with Gasteiger partial charge in [0.1, 0.15) is 0 Å². The molecule has 2 N–H and O–H groups in total. The summed E-state index contributed by atoms with van der Waals surface area (Å²) in [6.07, 6.45) is 6.59. The van der Waals surface area contributed by atoms with Gasteiger partial charge in [0.05, 0.1) is 5.60 Å². The highest BCUT2D eigenvalue weighted by atomic mass is 16.3. The maximum Gasteiger partial charge on any atom is 0.0741 e. The van der Waals surface area contributed by atoms with Gasteiger partial charge in [0.25, 0.3) is 0 Å². The van der Waals surface area contributed by atoms with Crippen molar-refractivity contribution in [3.8, 4) is 0 Å². The summed E-state index contributed by atoms with van der Waals surface area (Å²) in [5.41, 5.74) is -0.610. The third-order valence-corrected chi connectivity index (χ3v) is 3.97. The van der Waals surface area contributed by atoms with Gasteiger partial charge in [-0.25, -0.2) is 0 Å². The van der Waals surface area contributed by atoms with Crippen molar-refractivity contribution >= 4 is 0 Å². The molecule has 1 saturated carbocycles. The molecule has 1 unspecified atom stereocenters. The van der Waals surface area contributed by atoms with Crippen LogP contribution in [0.3, 0.4) is 0 Å². The molecule has 1 aliphatic rings. The van der Waals surface area contributed by atoms with E-state index in [0.717, 1.165) is 5.92 Å². The van der Waals surface area contributed by atoms with Gasteiger partial charge in [-0.2, -0.15) is 0 Å². The Hall–Kier alpha value is -0.0800. The fourth-order valence-electron chi connectivity index (χ4n) is 2.29. The van der Waals surface area contributed by atoms with Crippen molar-refractivity contribution in [2.45, 2.75) is 77.5 Å². The molecule has 0 aromatic carbocycles. The first-order valence-electron chi connectivity index (χ1n) is 6.42. The minimum atomic E-state index is -0.610. The molecular weight excluding hydrogens is 186 g/mol. The zero-order valence-corrected chi connectivity index (χ0v) is 10.7. The summed E-state index contributed by atoms with van der Waals surface area (Å²) < 4.78 is 0. The van der Waals surface area contributed by atoms with Gasteiger partial charge in [-0.1, -0.05) is 13.3 Å². The number of hydrogen-bond acceptors (Lipinski definition) is 2. The van der Waals surface area contributed by atoms with Crippen LogP contribution in [0.5, 0.6) is 0 Å². The molecule has 90 valence electrons. The zero-order chi connectivity index (χ0) is 11.5. The summed E-state index contributed by atoms with van der Waals surface area (Å²) in [5, 5.41) is 13.4. The van der Waals surface area contributed by atoms with E-state index in [2.05, 4.69) is 19.2 Å². The molecule has 0 aromatic heterocycles. The molecule has 1 atom stereocenters. The van der Waals surface area contributed by atoms with Crippen LogP contribution in [0.25, 0.3) is 0 Å². The van der Waals surface area contributed by atoms with E-state index in [9.17, 15) is 5.11 Å². The summed E-state index contributed by atoms with van der Waals surface area (Å²) >= 11 is 0. The number of aliphatic hydroxyl groups is 1. The quantitative estimate of drug-likeness (QED) is 0.752. The van der Waals surface area contributed by atoms with Crippen LogP contribution in [0.15, 0.2) is 0 Å². The van der Waals surface area contributed by atoms with E-state index in [1.807, 2.05) is 13.8 Å². The maximum absolute atomic E-state index is 9.85. The Morgan fingerprint density at radius 1 is 1.27 bits per heavy atom. The van der Waals surface area contributed by atoms with Crippen LogP contribution in [0.2, 0.25) is 0 Å². The third kappa shape index (κ3) is 4.12. The van der Waals surface area contributed by atoms with E-state index in [1.54, 1.807) is 0 Å². The van der Waals surface area contributed by atoms with Gasteiger partial charge in [0.2, 0.25) is 0 Å². The van der Waals surface area contributed by atoms with Crippen molar-refractivity contribution < 1.29 is 5.11 Å². The molecular formula is C13H27NO. The topological polar surface area (TPSA) is 32.3 Å². The summed E-state index contributed by atoms with van der Waals surface area (Å²) in [4.78, 5) is 0. The Bertz CT molecular complexity index is 177. The first kappa shape index (κ1) is 13.0. The van der Waals surface area contributed by atoms with E-state index < -0.39 is 5.60 Å². The summed E-state index contributed by atoms with van der Waals surface area (Å²) in [7, 11) is 0. The van der Waals surface area contributed by atoms with Crippen molar-refractivity contribution in [2.75, 3.05) is 0 Å². The van der Waals surface area contributed by atoms with E-state index in [1.165, 1.54) is 32.1 Å². The second-order valence-electron chi connectivity index (χ2n) is 5.67. The van der Waals surface area contributed by atoms with E-state index in [4.69, 9.17) is 0 Å². The standard InChI is InChI=1S/C13H27NO/c1-5-11-6-8-12(9-7-11)14-10(2)13(3,4)15/h10-12,14-15H,5-9H2,1-4H3. The predicted octanol–water partition coefficient (Wildman–Crippen LogP) is 2.70. The van der Waals surface area contributed by atoms with Crippen LogP contribution in [-0.4, -0.2) is 22.8 Å². The second kappa shape index (κ2) is 5.31. The number of rotatable bonds is 4. The fraction of sp³-hybridized carbons (Fsp3) is 1.00. The van der Waals surface area contributed by atoms with Crippen molar-refractivity contribution in [3.63, 3.8) is 0 Å². The predicted molar refractivity (Wildman–Crippen MR) is 64.9 cm³/mol. The number of nitrogens with one attached hydrogen (secondary N) is 1. The summed E-state index contributed by atoms with van der Waals surface area (Å²) in [5.74, 6) is 0.945. The molecule has 0 heterocycles. The van der Waals surface area contributed by atoms with Crippen LogP contribution in [0.1, 0.15) is 59.8 Å². The zero-order valence-electron chi connectivity index (χ0n) is 10.7. The van der Waals surface area contributed by atoms with Crippen molar-refractivity contribution in [1.82, 2.24) is 5.32 Å². The van der Waals surface area contributed by atoms with E-state index in [-0.39, 0.29) is 6.04 Å². The van der Waals surface area contributed by atoms with Gasteiger partial charge >= 0.3 is 0 Å². The Labute approximate surface area is 94.5 Å². The Morgan fingerprint density at radius 3 is 2.20 bits per heavy atom. The molecule has 1 rings (SSSR count). The van der Waals surface area contributed by atoms with Gasteiger partial charge in [0.15, 0.2) is 0 Å². The van der Waals surface area contributed by atoms with Gasteiger partial charge < -0.3 is 10.4 Å². The van der Waals surface area contributed by atoms with E-state index in [0.29, 0.717) is 6.04 Å². The molecule has 1 aliphatic carbocycles. The SMILES string of the molecule is CCC1CCC(NC(C)C(C)(C)O)CC1. The number of hydrogen-bond donors (Lipinski definition) is 2. The third-order valence-electron chi connectivity index (χ3n) is 3.97. The van der Waals surface area contributed by atoms with Crippen LogP contribution < -0.4 is 5.32 Å². The highest BCUT2D eigenvalue weighted by Crippen LogP contribution is 2.27. The molecule has 2 heteroatoms. The maximum atomic E-state index is 9.85. The first-order chi connectivity index (χ1) is 6.93. The minimum Gasteiger partial charge on any atom is -0.389 e. The molecule has 0 bridgehead atoms. The van der Waals surface area contributed by atoms with Gasteiger partial charge in [-0.05, 0) is 52.4 Å². The lowest BCUT2D eigenvalue weighted by Crippen LogP contribution is -2.49. The smallest absolute Gasteiger partial charge is 0.0741 e. The molecule has 0 aromatic rings. The van der Waals surface area contributed by atoms with Crippen molar-refractivity contribution in [1.29, 1.82) is 0 Å². The van der Waals surface area contributed by atoms with Crippen LogP contribution >= 0.6 is 0 Å². The molecule has 0 spiro atoms. The van der Waals surface area contributed by atoms with Crippen LogP contribution in [0.4, 0.5) is 0 Å². The lowest BCUT2D eigenvalue weighted by Gasteiger charge is -2.35. The second-order valence-corrected chi connectivity index (χ2v) is 5.67. The Morgan fingerprint density at radius 2 is 1.80 bits per heavy atom. The Balaban J connectivity index is 2.29. The lowest BCUT2D eigenvalue weighted by molar-refractivity contribution is 0.0367. The Kier molecular flexibility index (Phi) is 4.60. The van der Waals surface area contributed by atoms with Crippen LogP contribution in [0, 0.1) is 5.92 Å². The van der Waals surface area contributed by atoms with Gasteiger partial charge in [-0.3, -0.25) is 0 Å². The molecule has 15 heavy (non-hydrogen) atoms. The fourth-order valence-corrected chi connectivity index (χ4v) is 2.29. The largest absolute Gasteiger partial charge is 0.389 e. The molecule has 2 nitrogen and oxygen atoms in total. The molecule has 0 saturated heterocycles. The minimum absolute atomic E-state index is 0.181. The van der Waals surface area contributed by atoms with Gasteiger partial charge in [-0.15, -0.1) is 0 Å². The highest BCUT2D eigenvalue weighted by molar-refractivity contribution is 4.85. The first-order valence-corrected chi connectivity index (χ1v) is 6.42. The molecule has 0 radical (unpaired) electrons. The highest BCUT2D eigenvalue weighted by Gasteiger charge is 2.27. The van der Waals surface area contributed by atoms with Crippen molar-refractivity contribution in [2.24, 2.45) is 5.92 Å². The average Bonchev–Trinajstić information content (AvgIpc) is 2.17. The lowest BCUT2D eigenvalue weighted by atomic mass is 9.84. The molecule has 0 aliphatic heterocycles. The van der Waals surface area contributed by atoms with E-state index >= 15 is 0 Å². The summed E-state index contributed by atoms with van der Waals surface area (Å²) in [6, 6.07) is 0.801. The monoisotopic (exact) mass is 213 g/mol. The van der Waals surface area contributed by atoms with Gasteiger partial charge in [0, 0.05) is 12.1 Å². The average molecular weight is 213 g/mol. The van der Waals surface area contributed by atoms with Crippen LogP contribution in [-0.2, 0) is 0 Å².